The molecule has 0 radical (unpaired) electrons. The lowest BCUT2D eigenvalue weighted by molar-refractivity contribution is -0.139. The molecule has 2 heterocycles. The molecule has 2 aliphatic heterocycles. The molecule has 1 aromatic carbocycles. The molecule has 0 spiro atoms. The third kappa shape index (κ3) is 2.55. The summed E-state index contributed by atoms with van der Waals surface area (Å²) in [6.45, 7) is -1.04. The summed E-state index contributed by atoms with van der Waals surface area (Å²) in [5.74, 6) is -3.53. The van der Waals surface area contributed by atoms with Crippen molar-refractivity contribution in [3.63, 3.8) is 0 Å². The van der Waals surface area contributed by atoms with Crippen molar-refractivity contribution >= 4 is 12.1 Å². The van der Waals surface area contributed by atoms with Crippen LogP contribution >= 0.6 is 0 Å². The zero-order valence-electron chi connectivity index (χ0n) is 10.5. The van der Waals surface area contributed by atoms with Crippen LogP contribution in [-0.4, -0.2) is 36.0 Å². The fourth-order valence-corrected chi connectivity index (χ4v) is 2.53. The van der Waals surface area contributed by atoms with Gasteiger partial charge >= 0.3 is 6.18 Å². The summed E-state index contributed by atoms with van der Waals surface area (Å²) >= 11 is 0. The molecule has 0 N–H and O–H groups in total. The van der Waals surface area contributed by atoms with Crippen LogP contribution in [-0.2, 0) is 12.7 Å². The molecule has 21 heavy (non-hydrogen) atoms. The van der Waals surface area contributed by atoms with E-state index in [1.54, 1.807) is 0 Å². The number of likely N-dealkylation sites (tertiary alicyclic amines) is 1. The molecule has 0 saturated carbocycles. The van der Waals surface area contributed by atoms with Crippen LogP contribution in [0.2, 0.25) is 0 Å². The standard InChI is InChI=1S/C13H9F5N2O/c14-12(15)5-20(6-12)4-7-1-8-9(3-19-11(8)21)10(2-7)13(16,17)18/h1-3H,4-6H2. The normalized spacial score (nSPS) is 20.5. The summed E-state index contributed by atoms with van der Waals surface area (Å²) in [7, 11) is 0. The van der Waals surface area contributed by atoms with Crippen LogP contribution in [0.25, 0.3) is 0 Å². The van der Waals surface area contributed by atoms with Gasteiger partial charge in [-0.25, -0.2) is 13.8 Å². The van der Waals surface area contributed by atoms with Gasteiger partial charge in [-0.1, -0.05) is 0 Å². The van der Waals surface area contributed by atoms with Crippen molar-refractivity contribution in [2.75, 3.05) is 13.1 Å². The highest BCUT2D eigenvalue weighted by atomic mass is 19.4. The number of benzene rings is 1. The Morgan fingerprint density at radius 3 is 2.48 bits per heavy atom. The van der Waals surface area contributed by atoms with Gasteiger partial charge in [0, 0.05) is 18.3 Å². The zero-order chi connectivity index (χ0) is 15.4. The lowest BCUT2D eigenvalue weighted by Crippen LogP contribution is -2.55. The van der Waals surface area contributed by atoms with E-state index in [0.717, 1.165) is 12.3 Å². The van der Waals surface area contributed by atoms with Gasteiger partial charge in [0.05, 0.1) is 24.2 Å². The third-order valence-electron chi connectivity index (χ3n) is 3.40. The number of nitrogens with zero attached hydrogens (tertiary/aromatic N) is 2. The van der Waals surface area contributed by atoms with E-state index in [1.165, 1.54) is 11.0 Å². The quantitative estimate of drug-likeness (QED) is 0.787. The summed E-state index contributed by atoms with van der Waals surface area (Å²) < 4.78 is 64.5. The average Bonchev–Trinajstić information content (AvgIpc) is 2.67. The molecule has 1 aromatic rings. The van der Waals surface area contributed by atoms with Crippen molar-refractivity contribution in [2.45, 2.75) is 18.6 Å². The second-order valence-corrected chi connectivity index (χ2v) is 5.17. The van der Waals surface area contributed by atoms with E-state index in [2.05, 4.69) is 4.99 Å². The largest absolute Gasteiger partial charge is 0.417 e. The van der Waals surface area contributed by atoms with Crippen LogP contribution in [0.4, 0.5) is 22.0 Å². The zero-order valence-corrected chi connectivity index (χ0v) is 10.5. The van der Waals surface area contributed by atoms with Gasteiger partial charge in [0.2, 0.25) is 0 Å². The number of fused-ring (bicyclic) bond motifs is 1. The van der Waals surface area contributed by atoms with Gasteiger partial charge in [0.25, 0.3) is 11.8 Å². The number of rotatable bonds is 2. The first-order valence-corrected chi connectivity index (χ1v) is 6.08. The van der Waals surface area contributed by atoms with Crippen LogP contribution in [0, 0.1) is 0 Å². The minimum absolute atomic E-state index is 0.0563. The smallest absolute Gasteiger partial charge is 0.287 e. The number of hydrogen-bond acceptors (Lipinski definition) is 2. The number of hydrogen-bond donors (Lipinski definition) is 0. The molecule has 0 aromatic heterocycles. The molecule has 1 fully saturated rings. The first-order valence-electron chi connectivity index (χ1n) is 6.08. The summed E-state index contributed by atoms with van der Waals surface area (Å²) in [6, 6.07) is 2.18. The molecule has 1 saturated heterocycles. The number of carbonyl (C=O) groups excluding carboxylic acids is 1. The molecular formula is C13H9F5N2O. The van der Waals surface area contributed by atoms with E-state index in [0.29, 0.717) is 0 Å². The molecule has 112 valence electrons. The minimum atomic E-state index is -4.63. The van der Waals surface area contributed by atoms with Crippen molar-refractivity contribution in [1.29, 1.82) is 0 Å². The van der Waals surface area contributed by atoms with Crippen molar-refractivity contribution in [3.8, 4) is 0 Å². The Morgan fingerprint density at radius 1 is 1.24 bits per heavy atom. The number of alkyl halides is 5. The first kappa shape index (κ1) is 14.1. The Hall–Kier alpha value is -1.83. The van der Waals surface area contributed by atoms with Gasteiger partial charge in [-0.2, -0.15) is 13.2 Å². The van der Waals surface area contributed by atoms with Crippen molar-refractivity contribution < 1.29 is 26.7 Å². The van der Waals surface area contributed by atoms with Crippen LogP contribution in [0.5, 0.6) is 0 Å². The summed E-state index contributed by atoms with van der Waals surface area (Å²) in [6.07, 6.45) is -3.74. The fraction of sp³-hybridized carbons (Fsp3) is 0.385. The molecule has 3 nitrogen and oxygen atoms in total. The second-order valence-electron chi connectivity index (χ2n) is 5.17. The highest BCUT2D eigenvalue weighted by Crippen LogP contribution is 2.36. The second kappa shape index (κ2) is 4.33. The summed E-state index contributed by atoms with van der Waals surface area (Å²) in [5.41, 5.74) is -1.18. The maximum atomic E-state index is 13.0. The van der Waals surface area contributed by atoms with Crippen LogP contribution < -0.4 is 0 Å². The van der Waals surface area contributed by atoms with E-state index < -0.39 is 36.7 Å². The Bertz CT molecular complexity index is 643. The number of halogens is 5. The van der Waals surface area contributed by atoms with Crippen LogP contribution in [0.1, 0.15) is 27.0 Å². The topological polar surface area (TPSA) is 32.7 Å². The van der Waals surface area contributed by atoms with Gasteiger partial charge in [0.1, 0.15) is 0 Å². The third-order valence-corrected chi connectivity index (χ3v) is 3.40. The van der Waals surface area contributed by atoms with E-state index in [9.17, 15) is 26.7 Å². The molecule has 0 aliphatic carbocycles. The van der Waals surface area contributed by atoms with E-state index in [1.807, 2.05) is 0 Å². The van der Waals surface area contributed by atoms with Gasteiger partial charge in [-0.05, 0) is 17.7 Å². The fourth-order valence-electron chi connectivity index (χ4n) is 2.53. The van der Waals surface area contributed by atoms with Gasteiger partial charge in [-0.3, -0.25) is 9.69 Å². The van der Waals surface area contributed by atoms with Gasteiger partial charge in [-0.15, -0.1) is 0 Å². The SMILES string of the molecule is O=C1N=Cc2c1cc(CN1CC(F)(F)C1)cc2C(F)(F)F. The maximum Gasteiger partial charge on any atom is 0.417 e. The molecular weight excluding hydrogens is 295 g/mol. The Balaban J connectivity index is 1.93. The number of aliphatic imine (C=N–C) groups is 1. The first-order chi connectivity index (χ1) is 9.66. The Morgan fingerprint density at radius 2 is 1.90 bits per heavy atom. The minimum Gasteiger partial charge on any atom is -0.287 e. The van der Waals surface area contributed by atoms with Crippen molar-refractivity contribution in [3.05, 3.63) is 34.4 Å². The highest BCUT2D eigenvalue weighted by Gasteiger charge is 2.44. The maximum absolute atomic E-state index is 13.0. The Kier molecular flexibility index (Phi) is 2.91. The molecule has 0 atom stereocenters. The van der Waals surface area contributed by atoms with Gasteiger partial charge in [0.15, 0.2) is 0 Å². The van der Waals surface area contributed by atoms with Gasteiger partial charge < -0.3 is 0 Å². The van der Waals surface area contributed by atoms with E-state index >= 15 is 0 Å². The molecule has 1 amide bonds. The highest BCUT2D eigenvalue weighted by molar-refractivity contribution is 6.13. The number of carbonyl (C=O) groups is 1. The average molecular weight is 304 g/mol. The number of amides is 1. The Labute approximate surface area is 116 Å². The monoisotopic (exact) mass is 304 g/mol. The van der Waals surface area contributed by atoms with Crippen molar-refractivity contribution in [1.82, 2.24) is 4.90 Å². The van der Waals surface area contributed by atoms with Crippen molar-refractivity contribution in [2.24, 2.45) is 4.99 Å². The molecule has 8 heteroatoms. The predicted molar refractivity (Wildman–Crippen MR) is 63.6 cm³/mol. The molecule has 2 aliphatic rings. The molecule has 0 bridgehead atoms. The van der Waals surface area contributed by atoms with Crippen LogP contribution in [0.15, 0.2) is 17.1 Å². The van der Waals surface area contributed by atoms with Crippen LogP contribution in [0.3, 0.4) is 0 Å². The predicted octanol–water partition coefficient (Wildman–Crippen LogP) is 2.73. The lowest BCUT2D eigenvalue weighted by Gasteiger charge is -2.38. The molecule has 3 rings (SSSR count). The lowest BCUT2D eigenvalue weighted by atomic mass is 9.97. The van der Waals surface area contributed by atoms with E-state index in [4.69, 9.17) is 0 Å². The summed E-state index contributed by atoms with van der Waals surface area (Å²) in [4.78, 5) is 16.2. The molecule has 0 unspecified atom stereocenters. The summed E-state index contributed by atoms with van der Waals surface area (Å²) in [5, 5.41) is 0. The van der Waals surface area contributed by atoms with E-state index in [-0.39, 0.29) is 23.2 Å².